The Bertz CT molecular complexity index is 375. The highest BCUT2D eigenvalue weighted by Crippen LogP contribution is 1.93. The lowest BCUT2D eigenvalue weighted by atomic mass is 10.3. The third kappa shape index (κ3) is 1.65. The largest absolute Gasteiger partial charge is 0.318 e. The molecule has 0 aliphatic heterocycles. The lowest BCUT2D eigenvalue weighted by molar-refractivity contribution is 0.828. The highest BCUT2D eigenvalue weighted by molar-refractivity contribution is 5.09. The Balaban J connectivity index is 3.08. The maximum atomic E-state index is 11.3. The van der Waals surface area contributed by atoms with Gasteiger partial charge >= 0.3 is 0 Å². The van der Waals surface area contributed by atoms with Gasteiger partial charge in [-0.1, -0.05) is 11.2 Å². The topological polar surface area (TPSA) is 70.8 Å². The lowest BCUT2D eigenvalue weighted by Crippen LogP contribution is -2.19. The van der Waals surface area contributed by atoms with E-state index < -0.39 is 0 Å². The van der Waals surface area contributed by atoms with Gasteiger partial charge in [-0.05, 0) is 11.6 Å². The van der Waals surface area contributed by atoms with Crippen LogP contribution < -0.4 is 5.56 Å². The van der Waals surface area contributed by atoms with Crippen LogP contribution in [0.25, 0.3) is 10.4 Å². The predicted octanol–water partition coefficient (Wildman–Crippen LogP) is 1.20. The van der Waals surface area contributed by atoms with Crippen molar-refractivity contribution in [2.45, 2.75) is 6.54 Å². The zero-order valence-electron chi connectivity index (χ0n) is 6.64. The second kappa shape index (κ2) is 3.59. The minimum absolute atomic E-state index is 0.115. The fourth-order valence-electron chi connectivity index (χ4n) is 0.882. The highest BCUT2D eigenvalue weighted by atomic mass is 16.1. The summed E-state index contributed by atoms with van der Waals surface area (Å²) in [6, 6.07) is 3.39. The van der Waals surface area contributed by atoms with E-state index in [1.165, 1.54) is 4.57 Å². The van der Waals surface area contributed by atoms with E-state index in [9.17, 15) is 4.79 Å². The molecule has 0 amide bonds. The Hall–Kier alpha value is -1.74. The molecule has 0 aromatic carbocycles. The van der Waals surface area contributed by atoms with Crippen LogP contribution in [0.15, 0.2) is 28.2 Å². The summed E-state index contributed by atoms with van der Waals surface area (Å²) in [7, 11) is 1.65. The van der Waals surface area contributed by atoms with Crippen molar-refractivity contribution in [3.8, 4) is 0 Å². The molecular weight excluding hydrogens is 156 g/mol. The Morgan fingerprint density at radius 1 is 1.75 bits per heavy atom. The molecule has 1 heterocycles. The van der Waals surface area contributed by atoms with E-state index in [0.717, 1.165) is 0 Å². The summed E-state index contributed by atoms with van der Waals surface area (Å²) in [6.07, 6.45) is 1.65. The predicted molar refractivity (Wildman–Crippen MR) is 44.5 cm³/mol. The average molecular weight is 164 g/mol. The van der Waals surface area contributed by atoms with E-state index in [1.54, 1.807) is 25.4 Å². The normalized spacial score (nSPS) is 9.08. The van der Waals surface area contributed by atoms with E-state index in [-0.39, 0.29) is 12.1 Å². The van der Waals surface area contributed by atoms with Crippen molar-refractivity contribution in [1.29, 1.82) is 0 Å². The van der Waals surface area contributed by atoms with Gasteiger partial charge in [-0.3, -0.25) is 4.79 Å². The van der Waals surface area contributed by atoms with Crippen molar-refractivity contribution in [2.24, 2.45) is 12.2 Å². The minimum Gasteiger partial charge on any atom is -0.318 e. The van der Waals surface area contributed by atoms with Crippen LogP contribution in [0.4, 0.5) is 0 Å². The van der Waals surface area contributed by atoms with Gasteiger partial charge in [0.1, 0.15) is 0 Å². The quantitative estimate of drug-likeness (QED) is 0.367. The van der Waals surface area contributed by atoms with Gasteiger partial charge in [-0.15, -0.1) is 0 Å². The lowest BCUT2D eigenvalue weighted by Gasteiger charge is -1.97. The zero-order valence-corrected chi connectivity index (χ0v) is 6.64. The maximum absolute atomic E-state index is 11.3. The SMILES string of the molecule is Cn1cccc(CN=[N+]=[N-])c1=O. The number of rotatable bonds is 2. The van der Waals surface area contributed by atoms with Gasteiger partial charge in [0.05, 0.1) is 6.54 Å². The minimum atomic E-state index is -0.120. The standard InChI is InChI=1S/C7H8N4O/c1-11-4-2-3-6(7(11)12)5-9-10-8/h2-4H,5H2,1H3. The second-order valence-corrected chi connectivity index (χ2v) is 2.34. The molecule has 0 saturated heterocycles. The van der Waals surface area contributed by atoms with Crippen LogP contribution in [-0.4, -0.2) is 4.57 Å². The van der Waals surface area contributed by atoms with Gasteiger partial charge < -0.3 is 4.57 Å². The number of aryl methyl sites for hydroxylation is 1. The third-order valence-corrected chi connectivity index (χ3v) is 1.51. The molecule has 0 aliphatic carbocycles. The van der Waals surface area contributed by atoms with E-state index in [0.29, 0.717) is 5.56 Å². The third-order valence-electron chi connectivity index (χ3n) is 1.51. The van der Waals surface area contributed by atoms with Crippen molar-refractivity contribution < 1.29 is 0 Å². The molecule has 5 nitrogen and oxygen atoms in total. The zero-order chi connectivity index (χ0) is 8.97. The number of pyridine rings is 1. The highest BCUT2D eigenvalue weighted by Gasteiger charge is 1.97. The number of azide groups is 1. The molecule has 1 aromatic heterocycles. The second-order valence-electron chi connectivity index (χ2n) is 2.34. The Kier molecular flexibility index (Phi) is 2.50. The molecule has 1 rings (SSSR count). The van der Waals surface area contributed by atoms with Crippen LogP contribution in [0.5, 0.6) is 0 Å². The number of hydrogen-bond acceptors (Lipinski definition) is 2. The monoisotopic (exact) mass is 164 g/mol. The van der Waals surface area contributed by atoms with Gasteiger partial charge in [0.15, 0.2) is 0 Å². The molecule has 0 aliphatic rings. The number of nitrogens with zero attached hydrogens (tertiary/aromatic N) is 4. The van der Waals surface area contributed by atoms with Gasteiger partial charge in [0.25, 0.3) is 5.56 Å². The first kappa shape index (κ1) is 8.36. The summed E-state index contributed by atoms with van der Waals surface area (Å²) >= 11 is 0. The Labute approximate surface area is 68.9 Å². The first-order valence-electron chi connectivity index (χ1n) is 3.41. The number of hydrogen-bond donors (Lipinski definition) is 0. The van der Waals surface area contributed by atoms with Gasteiger partial charge in [-0.25, -0.2) is 0 Å². The molecule has 0 N–H and O–H groups in total. The van der Waals surface area contributed by atoms with Crippen LogP contribution in [0.1, 0.15) is 5.56 Å². The van der Waals surface area contributed by atoms with Crippen LogP contribution in [0.2, 0.25) is 0 Å². The molecular formula is C7H8N4O. The average Bonchev–Trinajstić information content (AvgIpc) is 2.08. The fourth-order valence-corrected chi connectivity index (χ4v) is 0.882. The molecule has 0 saturated carbocycles. The molecule has 12 heavy (non-hydrogen) atoms. The summed E-state index contributed by atoms with van der Waals surface area (Å²) in [6.45, 7) is 0.115. The van der Waals surface area contributed by atoms with E-state index in [2.05, 4.69) is 10.0 Å². The number of aromatic nitrogens is 1. The van der Waals surface area contributed by atoms with Crippen LogP contribution >= 0.6 is 0 Å². The molecule has 0 bridgehead atoms. The molecule has 0 fully saturated rings. The molecule has 1 aromatic rings. The van der Waals surface area contributed by atoms with Crippen molar-refractivity contribution in [3.63, 3.8) is 0 Å². The van der Waals surface area contributed by atoms with Crippen LogP contribution in [0.3, 0.4) is 0 Å². The summed E-state index contributed by atoms with van der Waals surface area (Å²) in [4.78, 5) is 13.8. The smallest absolute Gasteiger partial charge is 0.253 e. The molecule has 0 unspecified atom stereocenters. The van der Waals surface area contributed by atoms with Crippen molar-refractivity contribution in [1.82, 2.24) is 4.57 Å². The van der Waals surface area contributed by atoms with Crippen molar-refractivity contribution in [2.75, 3.05) is 0 Å². The van der Waals surface area contributed by atoms with Crippen molar-refractivity contribution in [3.05, 3.63) is 44.7 Å². The van der Waals surface area contributed by atoms with Gasteiger partial charge in [-0.2, -0.15) is 0 Å². The van der Waals surface area contributed by atoms with E-state index in [4.69, 9.17) is 5.53 Å². The fraction of sp³-hybridized carbons (Fsp3) is 0.286. The molecule has 0 spiro atoms. The van der Waals surface area contributed by atoms with Crippen LogP contribution in [0, 0.1) is 0 Å². The van der Waals surface area contributed by atoms with Crippen molar-refractivity contribution >= 4 is 0 Å². The van der Waals surface area contributed by atoms with Gasteiger partial charge in [0, 0.05) is 23.7 Å². The first-order chi connectivity index (χ1) is 5.75. The Morgan fingerprint density at radius 3 is 3.17 bits per heavy atom. The maximum Gasteiger partial charge on any atom is 0.253 e. The molecule has 0 atom stereocenters. The molecule has 62 valence electrons. The molecule has 5 heteroatoms. The summed E-state index contributed by atoms with van der Waals surface area (Å²) in [5, 5.41) is 3.31. The van der Waals surface area contributed by atoms with Gasteiger partial charge in [0.2, 0.25) is 0 Å². The van der Waals surface area contributed by atoms with E-state index >= 15 is 0 Å². The summed E-state index contributed by atoms with van der Waals surface area (Å²) in [5.41, 5.74) is 8.43. The molecule has 0 radical (unpaired) electrons. The first-order valence-corrected chi connectivity index (χ1v) is 3.41. The summed E-state index contributed by atoms with van der Waals surface area (Å²) < 4.78 is 1.45. The Morgan fingerprint density at radius 2 is 2.50 bits per heavy atom. The van der Waals surface area contributed by atoms with Crippen LogP contribution in [-0.2, 0) is 13.6 Å². The summed E-state index contributed by atoms with van der Waals surface area (Å²) in [5.74, 6) is 0. The van der Waals surface area contributed by atoms with E-state index in [1.807, 2.05) is 0 Å².